The summed E-state index contributed by atoms with van der Waals surface area (Å²) in [6.45, 7) is 4.69. The molecule has 0 atom stereocenters. The van der Waals surface area contributed by atoms with E-state index in [0.717, 1.165) is 33.2 Å². The van der Waals surface area contributed by atoms with Gasteiger partial charge in [-0.3, -0.25) is 0 Å². The molecule has 0 N–H and O–H groups in total. The first-order chi connectivity index (χ1) is 26.0. The Morgan fingerprint density at radius 1 is 0.321 bits per heavy atom. The van der Waals surface area contributed by atoms with Gasteiger partial charge < -0.3 is 0 Å². The highest BCUT2D eigenvalue weighted by atomic mass is 15.0. The van der Waals surface area contributed by atoms with Gasteiger partial charge in [-0.2, -0.15) is 0 Å². The quantitative estimate of drug-likeness (QED) is 0.182. The molecule has 1 aliphatic carbocycles. The van der Waals surface area contributed by atoms with Gasteiger partial charge >= 0.3 is 0 Å². The lowest BCUT2D eigenvalue weighted by molar-refractivity contribution is 0.660. The van der Waals surface area contributed by atoms with Gasteiger partial charge in [0.2, 0.25) is 0 Å². The second kappa shape index (κ2) is 12.2. The molecule has 250 valence electrons. The Hall–Kier alpha value is -6.71. The molecule has 0 aliphatic heterocycles. The lowest BCUT2D eigenvalue weighted by Gasteiger charge is -2.22. The molecule has 3 heteroatoms. The minimum Gasteiger partial charge on any atom is -0.208 e. The summed E-state index contributed by atoms with van der Waals surface area (Å²) in [6.07, 6.45) is 0. The fourth-order valence-electron chi connectivity index (χ4n) is 8.23. The van der Waals surface area contributed by atoms with Crippen molar-refractivity contribution in [1.29, 1.82) is 0 Å². The summed E-state index contributed by atoms with van der Waals surface area (Å²) < 4.78 is 0. The van der Waals surface area contributed by atoms with Crippen LogP contribution in [0.25, 0.3) is 89.1 Å². The van der Waals surface area contributed by atoms with Crippen LogP contribution in [0, 0.1) is 0 Å². The van der Waals surface area contributed by atoms with Gasteiger partial charge in [0.1, 0.15) is 0 Å². The largest absolute Gasteiger partial charge is 0.208 e. The molecular weight excluding hydrogens is 643 g/mol. The second-order valence-electron chi connectivity index (χ2n) is 14.4. The predicted octanol–water partition coefficient (Wildman–Crippen LogP) is 12.8. The van der Waals surface area contributed by atoms with Gasteiger partial charge in [-0.1, -0.05) is 172 Å². The molecule has 1 aliphatic rings. The topological polar surface area (TPSA) is 38.7 Å². The minimum absolute atomic E-state index is 0.0700. The van der Waals surface area contributed by atoms with Crippen LogP contribution in [0.3, 0.4) is 0 Å². The first-order valence-electron chi connectivity index (χ1n) is 18.2. The smallest absolute Gasteiger partial charge is 0.164 e. The van der Waals surface area contributed by atoms with Gasteiger partial charge in [-0.15, -0.1) is 0 Å². The van der Waals surface area contributed by atoms with Crippen LogP contribution in [0.15, 0.2) is 176 Å². The number of hydrogen-bond donors (Lipinski definition) is 0. The van der Waals surface area contributed by atoms with Gasteiger partial charge in [0.25, 0.3) is 0 Å². The van der Waals surface area contributed by atoms with Crippen molar-refractivity contribution in [3.05, 3.63) is 187 Å². The van der Waals surface area contributed by atoms with Crippen molar-refractivity contribution in [1.82, 2.24) is 15.0 Å². The molecule has 0 fully saturated rings. The first-order valence-corrected chi connectivity index (χ1v) is 18.2. The van der Waals surface area contributed by atoms with Crippen LogP contribution in [0.5, 0.6) is 0 Å². The van der Waals surface area contributed by atoms with Gasteiger partial charge in [-0.25, -0.2) is 15.0 Å². The van der Waals surface area contributed by atoms with E-state index in [4.69, 9.17) is 15.0 Å². The van der Waals surface area contributed by atoms with Crippen molar-refractivity contribution in [2.24, 2.45) is 0 Å². The number of hydrogen-bond acceptors (Lipinski definition) is 3. The number of benzene rings is 8. The highest BCUT2D eigenvalue weighted by Gasteiger charge is 2.35. The summed E-state index contributed by atoms with van der Waals surface area (Å²) in [6, 6.07) is 62.7. The van der Waals surface area contributed by atoms with Gasteiger partial charge in [0, 0.05) is 22.1 Å². The number of rotatable bonds is 5. The van der Waals surface area contributed by atoms with Gasteiger partial charge in [-0.05, 0) is 84.3 Å². The fraction of sp³-hybridized carbons (Fsp3) is 0.0600. The Labute approximate surface area is 309 Å². The van der Waals surface area contributed by atoms with E-state index >= 15 is 0 Å². The molecule has 0 spiro atoms. The molecule has 0 amide bonds. The predicted molar refractivity (Wildman–Crippen MR) is 220 cm³/mol. The van der Waals surface area contributed by atoms with E-state index in [-0.39, 0.29) is 5.41 Å². The highest BCUT2D eigenvalue weighted by molar-refractivity contribution is 6.08. The molecule has 0 radical (unpaired) electrons. The molecule has 9 aromatic rings. The van der Waals surface area contributed by atoms with E-state index in [9.17, 15) is 0 Å². The maximum Gasteiger partial charge on any atom is 0.164 e. The molecule has 0 unspecified atom stereocenters. The van der Waals surface area contributed by atoms with Crippen LogP contribution in [0.4, 0.5) is 0 Å². The lowest BCUT2D eigenvalue weighted by atomic mass is 9.81. The molecular formula is C50H35N3. The van der Waals surface area contributed by atoms with Crippen LogP contribution in [-0.2, 0) is 5.41 Å². The Kier molecular flexibility index (Phi) is 7.16. The molecule has 8 aromatic carbocycles. The van der Waals surface area contributed by atoms with Crippen molar-refractivity contribution in [2.45, 2.75) is 19.3 Å². The summed E-state index contributed by atoms with van der Waals surface area (Å²) in [4.78, 5) is 15.3. The van der Waals surface area contributed by atoms with E-state index in [1.807, 2.05) is 36.4 Å². The van der Waals surface area contributed by atoms with E-state index in [1.165, 1.54) is 49.5 Å². The summed E-state index contributed by atoms with van der Waals surface area (Å²) in [5.74, 6) is 1.94. The molecule has 1 aromatic heterocycles. The molecule has 0 saturated heterocycles. The van der Waals surface area contributed by atoms with Crippen LogP contribution in [0.1, 0.15) is 25.0 Å². The summed E-state index contributed by atoms with van der Waals surface area (Å²) in [5, 5.41) is 4.70. The highest BCUT2D eigenvalue weighted by Crippen LogP contribution is 2.50. The zero-order valence-corrected chi connectivity index (χ0v) is 29.6. The SMILES string of the molecule is CC1(C)c2ccccc2-c2ccc(-c3ccc(-c4cc5ccccc5cc4-c4nc(-c5ccccc5)nc(-c5ccccc5)n4)c4ccccc34)cc21. The minimum atomic E-state index is -0.0700. The zero-order valence-electron chi connectivity index (χ0n) is 29.6. The van der Waals surface area contributed by atoms with Crippen LogP contribution >= 0.6 is 0 Å². The third-order valence-electron chi connectivity index (χ3n) is 10.9. The molecule has 1 heterocycles. The first kappa shape index (κ1) is 31.1. The van der Waals surface area contributed by atoms with Crippen molar-refractivity contribution < 1.29 is 0 Å². The average molecular weight is 678 g/mol. The third-order valence-corrected chi connectivity index (χ3v) is 10.9. The molecule has 3 nitrogen and oxygen atoms in total. The standard InChI is InChI=1S/C50H35N3/c1-50(2)45-24-14-13-23-41(45)42-26-25-36(31-46(42)50)37-27-28-40(39-22-12-11-21-38(37)39)43-29-34-19-9-10-20-35(34)30-44(43)49-52-47(32-15-5-3-6-16-32)51-48(53-49)33-17-7-4-8-18-33/h3-31H,1-2H3. The van der Waals surface area contributed by atoms with Crippen molar-refractivity contribution in [3.8, 4) is 67.5 Å². The average Bonchev–Trinajstić information content (AvgIpc) is 3.45. The van der Waals surface area contributed by atoms with E-state index in [2.05, 4.69) is 153 Å². The number of fused-ring (bicyclic) bond motifs is 5. The Bertz CT molecular complexity index is 2800. The maximum atomic E-state index is 5.18. The van der Waals surface area contributed by atoms with Crippen molar-refractivity contribution in [3.63, 3.8) is 0 Å². The normalized spacial score (nSPS) is 12.9. The van der Waals surface area contributed by atoms with Gasteiger partial charge in [0.05, 0.1) is 0 Å². The van der Waals surface area contributed by atoms with Crippen LogP contribution in [0.2, 0.25) is 0 Å². The lowest BCUT2D eigenvalue weighted by Crippen LogP contribution is -2.14. The molecule has 53 heavy (non-hydrogen) atoms. The maximum absolute atomic E-state index is 5.18. The van der Waals surface area contributed by atoms with Crippen molar-refractivity contribution >= 4 is 21.5 Å². The second-order valence-corrected chi connectivity index (χ2v) is 14.4. The van der Waals surface area contributed by atoms with Crippen LogP contribution < -0.4 is 0 Å². The Balaban J connectivity index is 1.19. The van der Waals surface area contributed by atoms with E-state index in [0.29, 0.717) is 17.5 Å². The number of aromatic nitrogens is 3. The molecule has 10 rings (SSSR count). The van der Waals surface area contributed by atoms with E-state index in [1.54, 1.807) is 0 Å². The van der Waals surface area contributed by atoms with Crippen molar-refractivity contribution in [2.75, 3.05) is 0 Å². The molecule has 0 bridgehead atoms. The zero-order chi connectivity index (χ0) is 35.5. The van der Waals surface area contributed by atoms with Gasteiger partial charge in [0.15, 0.2) is 17.5 Å². The molecule has 0 saturated carbocycles. The van der Waals surface area contributed by atoms with E-state index < -0.39 is 0 Å². The summed E-state index contributed by atoms with van der Waals surface area (Å²) >= 11 is 0. The summed E-state index contributed by atoms with van der Waals surface area (Å²) in [5.41, 5.74) is 12.9. The third kappa shape index (κ3) is 5.16. The Morgan fingerprint density at radius 2 is 0.811 bits per heavy atom. The number of nitrogens with zero attached hydrogens (tertiary/aromatic N) is 3. The summed E-state index contributed by atoms with van der Waals surface area (Å²) in [7, 11) is 0. The fourth-order valence-corrected chi connectivity index (χ4v) is 8.23. The van der Waals surface area contributed by atoms with Crippen LogP contribution in [-0.4, -0.2) is 15.0 Å². The monoisotopic (exact) mass is 677 g/mol. The Morgan fingerprint density at radius 3 is 1.49 bits per heavy atom.